The molecule has 1 aromatic carbocycles. The second-order valence-corrected chi connectivity index (χ2v) is 3.73. The van der Waals surface area contributed by atoms with E-state index in [0.717, 1.165) is 0 Å². The van der Waals surface area contributed by atoms with Gasteiger partial charge in [0.1, 0.15) is 11.6 Å². The lowest BCUT2D eigenvalue weighted by Crippen LogP contribution is -2.05. The van der Waals surface area contributed by atoms with E-state index in [9.17, 15) is 4.79 Å². The topological polar surface area (TPSA) is 72.3 Å². The molecule has 1 heterocycles. The molecule has 5 heteroatoms. The summed E-state index contributed by atoms with van der Waals surface area (Å²) in [6.45, 7) is 1.70. The number of rotatable bonds is 4. The first-order chi connectivity index (χ1) is 8.63. The van der Waals surface area contributed by atoms with Crippen LogP contribution in [0.25, 0.3) is 0 Å². The number of carbonyl (C=O) groups is 1. The molecule has 5 nitrogen and oxygen atoms in total. The summed E-state index contributed by atoms with van der Waals surface area (Å²) in [7, 11) is 0. The minimum Gasteiger partial charge on any atom is -0.481 e. The molecule has 0 aliphatic carbocycles. The molecule has 92 valence electrons. The molecule has 0 saturated heterocycles. The van der Waals surface area contributed by atoms with Crippen molar-refractivity contribution in [2.75, 3.05) is 0 Å². The number of carboxylic acid groups (broad SMARTS) is 1. The van der Waals surface area contributed by atoms with Gasteiger partial charge in [-0.15, -0.1) is 0 Å². The molecule has 0 radical (unpaired) electrons. The molecular weight excluding hydrogens is 232 g/mol. The van der Waals surface area contributed by atoms with Gasteiger partial charge < -0.3 is 9.84 Å². The molecule has 2 aromatic rings. The summed E-state index contributed by atoms with van der Waals surface area (Å²) >= 11 is 0. The molecule has 0 aliphatic rings. The van der Waals surface area contributed by atoms with Crippen molar-refractivity contribution < 1.29 is 14.6 Å². The minimum atomic E-state index is -0.932. The molecule has 2 rings (SSSR count). The lowest BCUT2D eigenvalue weighted by Gasteiger charge is -2.06. The van der Waals surface area contributed by atoms with Gasteiger partial charge in [-0.1, -0.05) is 18.2 Å². The van der Waals surface area contributed by atoms with Crippen LogP contribution in [0.5, 0.6) is 11.6 Å². The molecule has 0 amide bonds. The van der Waals surface area contributed by atoms with Crippen LogP contribution in [0.4, 0.5) is 0 Å². The van der Waals surface area contributed by atoms with E-state index in [1.54, 1.807) is 19.1 Å². The summed E-state index contributed by atoms with van der Waals surface area (Å²) < 4.78 is 5.54. The first-order valence-corrected chi connectivity index (χ1v) is 5.43. The number of aryl methyl sites for hydroxylation is 1. The monoisotopic (exact) mass is 244 g/mol. The Morgan fingerprint density at radius 1 is 1.28 bits per heavy atom. The third-order valence-electron chi connectivity index (χ3n) is 2.17. The second kappa shape index (κ2) is 5.27. The molecule has 0 fully saturated rings. The molecule has 0 saturated carbocycles. The Morgan fingerprint density at radius 3 is 2.67 bits per heavy atom. The number of hydrogen-bond donors (Lipinski definition) is 1. The molecule has 0 bridgehead atoms. The van der Waals surface area contributed by atoms with Gasteiger partial charge in [0.25, 0.3) is 0 Å². The van der Waals surface area contributed by atoms with Gasteiger partial charge in [-0.2, -0.15) is 4.98 Å². The summed E-state index contributed by atoms with van der Waals surface area (Å²) in [5, 5.41) is 8.74. The fourth-order valence-electron chi connectivity index (χ4n) is 1.51. The molecule has 1 N–H and O–H groups in total. The number of aromatic nitrogens is 2. The highest BCUT2D eigenvalue weighted by Crippen LogP contribution is 2.19. The van der Waals surface area contributed by atoms with E-state index >= 15 is 0 Å². The van der Waals surface area contributed by atoms with Crippen LogP contribution in [0, 0.1) is 6.92 Å². The Bertz CT molecular complexity index is 555. The lowest BCUT2D eigenvalue weighted by molar-refractivity contribution is -0.136. The molecule has 0 aliphatic heterocycles. The molecule has 1 aromatic heterocycles. The lowest BCUT2D eigenvalue weighted by atomic mass is 10.3. The number of benzene rings is 1. The van der Waals surface area contributed by atoms with E-state index in [1.807, 2.05) is 18.2 Å². The maximum atomic E-state index is 10.6. The first kappa shape index (κ1) is 12.0. The van der Waals surface area contributed by atoms with Gasteiger partial charge in [-0.25, -0.2) is 4.98 Å². The smallest absolute Gasteiger partial charge is 0.309 e. The minimum absolute atomic E-state index is 0.144. The SMILES string of the molecule is Cc1nc(CC(=O)O)cc(Oc2ccccc2)n1. The van der Waals surface area contributed by atoms with Gasteiger partial charge in [-0.3, -0.25) is 4.79 Å². The van der Waals surface area contributed by atoms with Crippen LogP contribution in [0.1, 0.15) is 11.5 Å². The first-order valence-electron chi connectivity index (χ1n) is 5.43. The number of carboxylic acids is 1. The van der Waals surface area contributed by atoms with E-state index in [1.165, 1.54) is 6.07 Å². The molecule has 18 heavy (non-hydrogen) atoms. The van der Waals surface area contributed by atoms with Crippen LogP contribution in [-0.2, 0) is 11.2 Å². The van der Waals surface area contributed by atoms with Crippen molar-refractivity contribution in [1.29, 1.82) is 0 Å². The van der Waals surface area contributed by atoms with Gasteiger partial charge in [0.2, 0.25) is 5.88 Å². The predicted octanol–water partition coefficient (Wildman–Crippen LogP) is 2.20. The number of hydrogen-bond acceptors (Lipinski definition) is 4. The quantitative estimate of drug-likeness (QED) is 0.892. The van der Waals surface area contributed by atoms with Crippen molar-refractivity contribution >= 4 is 5.97 Å². The third-order valence-corrected chi connectivity index (χ3v) is 2.17. The largest absolute Gasteiger partial charge is 0.481 e. The van der Waals surface area contributed by atoms with Crippen molar-refractivity contribution in [3.8, 4) is 11.6 Å². The van der Waals surface area contributed by atoms with Gasteiger partial charge in [0.05, 0.1) is 12.1 Å². The summed E-state index contributed by atoms with van der Waals surface area (Å²) in [5.74, 6) is 0.556. The average Bonchev–Trinajstić information content (AvgIpc) is 2.28. The highest BCUT2D eigenvalue weighted by molar-refractivity contribution is 5.69. The molecular formula is C13H12N2O3. The third kappa shape index (κ3) is 3.28. The zero-order chi connectivity index (χ0) is 13.0. The zero-order valence-electron chi connectivity index (χ0n) is 9.83. The molecule has 0 spiro atoms. The van der Waals surface area contributed by atoms with Crippen molar-refractivity contribution in [1.82, 2.24) is 9.97 Å². The fraction of sp³-hybridized carbons (Fsp3) is 0.154. The average molecular weight is 244 g/mol. The van der Waals surface area contributed by atoms with Crippen LogP contribution in [-0.4, -0.2) is 21.0 Å². The predicted molar refractivity (Wildman–Crippen MR) is 64.6 cm³/mol. The van der Waals surface area contributed by atoms with E-state index in [2.05, 4.69) is 9.97 Å². The maximum Gasteiger partial charge on any atom is 0.309 e. The number of para-hydroxylation sites is 1. The molecule has 0 atom stereocenters. The highest BCUT2D eigenvalue weighted by atomic mass is 16.5. The number of aliphatic carboxylic acids is 1. The van der Waals surface area contributed by atoms with Crippen LogP contribution in [0.2, 0.25) is 0 Å². The van der Waals surface area contributed by atoms with Gasteiger partial charge in [-0.05, 0) is 19.1 Å². The van der Waals surface area contributed by atoms with Crippen LogP contribution >= 0.6 is 0 Å². The van der Waals surface area contributed by atoms with Gasteiger partial charge >= 0.3 is 5.97 Å². The summed E-state index contributed by atoms with van der Waals surface area (Å²) in [6.07, 6.45) is -0.144. The maximum absolute atomic E-state index is 10.6. The number of ether oxygens (including phenoxy) is 1. The van der Waals surface area contributed by atoms with Gasteiger partial charge in [0, 0.05) is 6.07 Å². The van der Waals surface area contributed by atoms with Crippen molar-refractivity contribution in [2.24, 2.45) is 0 Å². The highest BCUT2D eigenvalue weighted by Gasteiger charge is 2.07. The van der Waals surface area contributed by atoms with Crippen LogP contribution in [0.3, 0.4) is 0 Å². The Labute approximate surface area is 104 Å². The standard InChI is InChI=1S/C13H12N2O3/c1-9-14-10(8-13(16)17)7-12(15-9)18-11-5-3-2-4-6-11/h2-7H,8H2,1H3,(H,16,17). The Kier molecular flexibility index (Phi) is 3.52. The number of nitrogens with zero attached hydrogens (tertiary/aromatic N) is 2. The zero-order valence-corrected chi connectivity index (χ0v) is 9.83. The van der Waals surface area contributed by atoms with E-state index in [-0.39, 0.29) is 6.42 Å². The van der Waals surface area contributed by atoms with Crippen molar-refractivity contribution in [2.45, 2.75) is 13.3 Å². The summed E-state index contributed by atoms with van der Waals surface area (Å²) in [5.41, 5.74) is 0.431. The van der Waals surface area contributed by atoms with Crippen molar-refractivity contribution in [3.63, 3.8) is 0 Å². The summed E-state index contributed by atoms with van der Waals surface area (Å²) in [6, 6.07) is 10.7. The van der Waals surface area contributed by atoms with Crippen LogP contribution in [0.15, 0.2) is 36.4 Å². The van der Waals surface area contributed by atoms with Crippen molar-refractivity contribution in [3.05, 3.63) is 47.9 Å². The fourth-order valence-corrected chi connectivity index (χ4v) is 1.51. The van der Waals surface area contributed by atoms with Crippen LogP contribution < -0.4 is 4.74 Å². The normalized spacial score (nSPS) is 10.1. The van der Waals surface area contributed by atoms with E-state index in [0.29, 0.717) is 23.1 Å². The Hall–Kier alpha value is -2.43. The van der Waals surface area contributed by atoms with Gasteiger partial charge in [0.15, 0.2) is 0 Å². The second-order valence-electron chi connectivity index (χ2n) is 3.73. The Morgan fingerprint density at radius 2 is 2.00 bits per heavy atom. The Balaban J connectivity index is 2.23. The summed E-state index contributed by atoms with van der Waals surface area (Å²) in [4.78, 5) is 18.8. The van der Waals surface area contributed by atoms with E-state index < -0.39 is 5.97 Å². The van der Waals surface area contributed by atoms with E-state index in [4.69, 9.17) is 9.84 Å². The molecule has 0 unspecified atom stereocenters.